The number of rotatable bonds is 6. The molecule has 6 nitrogen and oxygen atoms in total. The molecular weight excluding hydrogens is 232 g/mol. The number of hydrogen-bond acceptors (Lipinski definition) is 6. The Kier molecular flexibility index (Phi) is 4.33. The van der Waals surface area contributed by atoms with Crippen LogP contribution in [0.25, 0.3) is 0 Å². The van der Waals surface area contributed by atoms with Gasteiger partial charge in [-0.1, -0.05) is 0 Å². The van der Waals surface area contributed by atoms with Crippen molar-refractivity contribution in [3.8, 4) is 5.88 Å². The van der Waals surface area contributed by atoms with E-state index in [0.717, 1.165) is 12.2 Å². The number of aromatic nitrogens is 2. The molecular formula is C12H20N4O2. The first kappa shape index (κ1) is 13.0. The summed E-state index contributed by atoms with van der Waals surface area (Å²) in [5.74, 6) is 1.29. The van der Waals surface area contributed by atoms with Gasteiger partial charge in [0.2, 0.25) is 5.88 Å². The molecule has 3 N–H and O–H groups in total. The Labute approximate surface area is 107 Å². The molecule has 0 spiro atoms. The molecule has 1 fully saturated rings. The smallest absolute Gasteiger partial charge is 0.218 e. The number of nitrogens with one attached hydrogen (secondary N) is 1. The highest BCUT2D eigenvalue weighted by atomic mass is 16.5. The lowest BCUT2D eigenvalue weighted by Crippen LogP contribution is -2.60. The fraction of sp³-hybridized carbons (Fsp3) is 0.667. The molecule has 2 rings (SSSR count). The molecule has 100 valence electrons. The summed E-state index contributed by atoms with van der Waals surface area (Å²) in [4.78, 5) is 8.18. The van der Waals surface area contributed by atoms with Gasteiger partial charge >= 0.3 is 0 Å². The Morgan fingerprint density at radius 1 is 1.39 bits per heavy atom. The van der Waals surface area contributed by atoms with Crippen LogP contribution in [0.1, 0.15) is 20.3 Å². The van der Waals surface area contributed by atoms with Crippen molar-refractivity contribution in [3.63, 3.8) is 0 Å². The highest BCUT2D eigenvalue weighted by Crippen LogP contribution is 2.26. The van der Waals surface area contributed by atoms with Crippen molar-refractivity contribution in [1.29, 1.82) is 0 Å². The normalized spacial score (nSPS) is 26.5. The van der Waals surface area contributed by atoms with Gasteiger partial charge in [-0.05, 0) is 20.3 Å². The average molecular weight is 252 g/mol. The van der Waals surface area contributed by atoms with Crippen LogP contribution in [0.4, 0.5) is 5.82 Å². The van der Waals surface area contributed by atoms with E-state index in [9.17, 15) is 0 Å². The van der Waals surface area contributed by atoms with E-state index < -0.39 is 0 Å². The molecule has 1 aliphatic carbocycles. The Bertz CT molecular complexity index is 386. The van der Waals surface area contributed by atoms with Crippen LogP contribution in [0.2, 0.25) is 0 Å². The zero-order chi connectivity index (χ0) is 13.0. The summed E-state index contributed by atoms with van der Waals surface area (Å²) in [6.45, 7) is 5.19. The molecule has 3 atom stereocenters. The zero-order valence-corrected chi connectivity index (χ0v) is 10.8. The minimum atomic E-state index is 0.104. The predicted octanol–water partition coefficient (Wildman–Crippen LogP) is 0.792. The second-order valence-corrected chi connectivity index (χ2v) is 4.24. The summed E-state index contributed by atoms with van der Waals surface area (Å²) in [5.41, 5.74) is 5.97. The molecule has 18 heavy (non-hydrogen) atoms. The Morgan fingerprint density at radius 3 is 2.89 bits per heavy atom. The van der Waals surface area contributed by atoms with Gasteiger partial charge in [-0.2, -0.15) is 0 Å². The van der Waals surface area contributed by atoms with E-state index in [-0.39, 0.29) is 18.2 Å². The van der Waals surface area contributed by atoms with Crippen LogP contribution >= 0.6 is 0 Å². The quantitative estimate of drug-likeness (QED) is 0.779. The highest BCUT2D eigenvalue weighted by Gasteiger charge is 2.39. The lowest BCUT2D eigenvalue weighted by atomic mass is 9.83. The van der Waals surface area contributed by atoms with Gasteiger partial charge in [-0.15, -0.1) is 0 Å². The third-order valence-corrected chi connectivity index (χ3v) is 3.00. The topological polar surface area (TPSA) is 82.3 Å². The van der Waals surface area contributed by atoms with Crippen LogP contribution in [0.3, 0.4) is 0 Å². The van der Waals surface area contributed by atoms with Gasteiger partial charge in [-0.25, -0.2) is 9.97 Å². The van der Waals surface area contributed by atoms with E-state index in [0.29, 0.717) is 19.1 Å². The monoisotopic (exact) mass is 252 g/mol. The van der Waals surface area contributed by atoms with Crippen LogP contribution in [0, 0.1) is 0 Å². The summed E-state index contributed by atoms with van der Waals surface area (Å²) in [6, 6.07) is 1.98. The van der Waals surface area contributed by atoms with E-state index in [1.165, 1.54) is 6.33 Å². The Balaban J connectivity index is 1.97. The summed E-state index contributed by atoms with van der Waals surface area (Å²) < 4.78 is 10.9. The van der Waals surface area contributed by atoms with Gasteiger partial charge in [0.25, 0.3) is 0 Å². The van der Waals surface area contributed by atoms with Crippen LogP contribution in [-0.4, -0.2) is 41.4 Å². The maximum Gasteiger partial charge on any atom is 0.218 e. The largest absolute Gasteiger partial charge is 0.478 e. The van der Waals surface area contributed by atoms with Gasteiger partial charge in [0, 0.05) is 18.7 Å². The number of nitrogens with zero attached hydrogens (tertiary/aromatic N) is 2. The van der Waals surface area contributed by atoms with Gasteiger partial charge in [-0.3, -0.25) is 0 Å². The highest BCUT2D eigenvalue weighted by molar-refractivity contribution is 5.40. The molecule has 0 radical (unpaired) electrons. The van der Waals surface area contributed by atoms with E-state index in [2.05, 4.69) is 15.3 Å². The van der Waals surface area contributed by atoms with Crippen molar-refractivity contribution in [2.24, 2.45) is 5.73 Å². The molecule has 1 aliphatic rings. The van der Waals surface area contributed by atoms with Crippen LogP contribution < -0.4 is 15.8 Å². The predicted molar refractivity (Wildman–Crippen MR) is 68.6 cm³/mol. The molecule has 1 saturated carbocycles. The molecule has 6 heteroatoms. The van der Waals surface area contributed by atoms with Crippen molar-refractivity contribution >= 4 is 5.82 Å². The lowest BCUT2D eigenvalue weighted by Gasteiger charge is -2.42. The zero-order valence-electron chi connectivity index (χ0n) is 10.8. The van der Waals surface area contributed by atoms with Gasteiger partial charge in [0.15, 0.2) is 0 Å². The summed E-state index contributed by atoms with van der Waals surface area (Å²) >= 11 is 0. The molecule has 1 aromatic heterocycles. The fourth-order valence-corrected chi connectivity index (χ4v) is 2.04. The number of anilines is 1. The van der Waals surface area contributed by atoms with Crippen LogP contribution in [0.15, 0.2) is 12.4 Å². The average Bonchev–Trinajstić information content (AvgIpc) is 2.37. The second-order valence-electron chi connectivity index (χ2n) is 4.24. The standard InChI is InChI=1S/C12H20N4O2/c1-3-17-9-5-8(13)12(9)16-10-6-11(18-4-2)15-7-14-10/h6-9,12H,3-5,13H2,1-2H3,(H,14,15,16). The van der Waals surface area contributed by atoms with Gasteiger partial charge < -0.3 is 20.5 Å². The molecule has 0 bridgehead atoms. The minimum Gasteiger partial charge on any atom is -0.478 e. The minimum absolute atomic E-state index is 0.104. The van der Waals surface area contributed by atoms with Crippen molar-refractivity contribution in [2.45, 2.75) is 38.5 Å². The molecule has 3 unspecified atom stereocenters. The van der Waals surface area contributed by atoms with E-state index >= 15 is 0 Å². The third-order valence-electron chi connectivity index (χ3n) is 3.00. The van der Waals surface area contributed by atoms with E-state index in [1.807, 2.05) is 13.8 Å². The summed E-state index contributed by atoms with van der Waals surface area (Å²) in [5, 5.41) is 3.28. The van der Waals surface area contributed by atoms with Crippen molar-refractivity contribution in [2.75, 3.05) is 18.5 Å². The first-order valence-corrected chi connectivity index (χ1v) is 6.33. The number of hydrogen-bond donors (Lipinski definition) is 2. The first-order valence-electron chi connectivity index (χ1n) is 6.33. The van der Waals surface area contributed by atoms with E-state index in [1.54, 1.807) is 6.07 Å². The molecule has 0 amide bonds. The molecule has 0 saturated heterocycles. The molecule has 0 aliphatic heterocycles. The lowest BCUT2D eigenvalue weighted by molar-refractivity contribution is -0.0127. The Hall–Kier alpha value is -1.40. The van der Waals surface area contributed by atoms with Crippen LogP contribution in [0.5, 0.6) is 5.88 Å². The maximum atomic E-state index is 5.97. The first-order chi connectivity index (χ1) is 8.74. The summed E-state index contributed by atoms with van der Waals surface area (Å²) in [6.07, 6.45) is 2.53. The Morgan fingerprint density at radius 2 is 2.22 bits per heavy atom. The SMILES string of the molecule is CCOc1cc(NC2C(N)CC2OCC)ncn1. The number of nitrogens with two attached hydrogens (primary N) is 1. The van der Waals surface area contributed by atoms with Crippen molar-refractivity contribution in [1.82, 2.24) is 9.97 Å². The van der Waals surface area contributed by atoms with Gasteiger partial charge in [0.05, 0.1) is 18.8 Å². The number of ether oxygens (including phenoxy) is 2. The second kappa shape index (κ2) is 5.97. The third kappa shape index (κ3) is 2.88. The maximum absolute atomic E-state index is 5.97. The summed E-state index contributed by atoms with van der Waals surface area (Å²) in [7, 11) is 0. The van der Waals surface area contributed by atoms with Crippen LogP contribution in [-0.2, 0) is 4.74 Å². The van der Waals surface area contributed by atoms with Crippen molar-refractivity contribution in [3.05, 3.63) is 12.4 Å². The molecule has 1 aromatic rings. The van der Waals surface area contributed by atoms with Gasteiger partial charge in [0.1, 0.15) is 12.1 Å². The molecule has 1 heterocycles. The fourth-order valence-electron chi connectivity index (χ4n) is 2.04. The van der Waals surface area contributed by atoms with E-state index in [4.69, 9.17) is 15.2 Å². The molecule has 0 aromatic carbocycles. The van der Waals surface area contributed by atoms with Crippen molar-refractivity contribution < 1.29 is 9.47 Å².